The normalized spacial score (nSPS) is 24.2. The number of hydrogen-bond donors (Lipinski definition) is 1. The van der Waals surface area contributed by atoms with Gasteiger partial charge in [-0.15, -0.1) is 0 Å². The van der Waals surface area contributed by atoms with E-state index < -0.39 is 0 Å². The summed E-state index contributed by atoms with van der Waals surface area (Å²) in [5.41, 5.74) is 6.93. The molecule has 5 heteroatoms. The summed E-state index contributed by atoms with van der Waals surface area (Å²) in [5, 5.41) is 3.78. The Labute approximate surface area is 181 Å². The first kappa shape index (κ1) is 20.0. The number of nitrogens with zero attached hydrogens (tertiary/aromatic N) is 4. The maximum Gasteiger partial charge on any atom is 0.0544 e. The minimum Gasteiger partial charge on any atom is -0.368 e. The van der Waals surface area contributed by atoms with E-state index in [9.17, 15) is 0 Å². The maximum absolute atomic E-state index is 4.58. The second-order valence-electron chi connectivity index (χ2n) is 9.50. The number of fused-ring (bicyclic) bond motifs is 2. The molecule has 0 saturated carbocycles. The lowest BCUT2D eigenvalue weighted by Gasteiger charge is -2.41. The highest BCUT2D eigenvalue weighted by Crippen LogP contribution is 2.32. The number of piperazine rings is 1. The summed E-state index contributed by atoms with van der Waals surface area (Å²) in [6.07, 6.45) is 5.82. The number of nitrogens with one attached hydrogen (secondary N) is 1. The summed E-state index contributed by atoms with van der Waals surface area (Å²) in [6.45, 7) is 9.91. The molecule has 0 spiro atoms. The van der Waals surface area contributed by atoms with Gasteiger partial charge in [-0.3, -0.25) is 14.8 Å². The fraction of sp³-hybridized carbons (Fsp3) is 0.560. The number of hydrogen-bond acceptors (Lipinski definition) is 5. The van der Waals surface area contributed by atoms with Gasteiger partial charge < -0.3 is 10.2 Å². The zero-order valence-electron chi connectivity index (χ0n) is 18.5. The molecule has 5 nitrogen and oxygen atoms in total. The molecule has 2 atom stereocenters. The average Bonchev–Trinajstić information content (AvgIpc) is 3.23. The Hall–Kier alpha value is -1.95. The highest BCUT2D eigenvalue weighted by molar-refractivity contribution is 5.58. The highest BCUT2D eigenvalue weighted by atomic mass is 15.3. The molecule has 0 radical (unpaired) electrons. The summed E-state index contributed by atoms with van der Waals surface area (Å²) in [6, 6.07) is 12.5. The van der Waals surface area contributed by atoms with Crippen molar-refractivity contribution in [2.75, 3.05) is 44.7 Å². The van der Waals surface area contributed by atoms with E-state index in [1.54, 1.807) is 5.56 Å². The molecule has 160 valence electrons. The molecule has 1 aromatic carbocycles. The summed E-state index contributed by atoms with van der Waals surface area (Å²) in [5.74, 6) is 0. The molecule has 2 saturated heterocycles. The zero-order valence-corrected chi connectivity index (χ0v) is 18.5. The van der Waals surface area contributed by atoms with Gasteiger partial charge in [0.1, 0.15) is 0 Å². The second kappa shape index (κ2) is 8.66. The van der Waals surface area contributed by atoms with Crippen LogP contribution in [0, 0.1) is 6.92 Å². The van der Waals surface area contributed by atoms with Crippen LogP contribution >= 0.6 is 0 Å². The third kappa shape index (κ3) is 4.25. The van der Waals surface area contributed by atoms with Gasteiger partial charge in [0.15, 0.2) is 0 Å². The fourth-order valence-electron chi connectivity index (χ4n) is 5.54. The van der Waals surface area contributed by atoms with E-state index >= 15 is 0 Å². The molecule has 4 heterocycles. The van der Waals surface area contributed by atoms with Crippen molar-refractivity contribution in [3.63, 3.8) is 0 Å². The molecule has 0 aliphatic carbocycles. The maximum atomic E-state index is 4.58. The Balaban J connectivity index is 1.26. The topological polar surface area (TPSA) is 34.6 Å². The number of rotatable bonds is 5. The lowest BCUT2D eigenvalue weighted by atomic mass is 9.92. The molecule has 0 bridgehead atoms. The van der Waals surface area contributed by atoms with Gasteiger partial charge in [-0.05, 0) is 68.6 Å². The van der Waals surface area contributed by atoms with Crippen LogP contribution in [0.25, 0.3) is 0 Å². The van der Waals surface area contributed by atoms with Crippen molar-refractivity contribution in [2.24, 2.45) is 0 Å². The van der Waals surface area contributed by atoms with Gasteiger partial charge in [-0.25, -0.2) is 0 Å². The molecule has 1 unspecified atom stereocenters. The predicted molar refractivity (Wildman–Crippen MR) is 123 cm³/mol. The van der Waals surface area contributed by atoms with E-state index in [1.165, 1.54) is 55.8 Å². The van der Waals surface area contributed by atoms with Crippen molar-refractivity contribution in [1.82, 2.24) is 20.1 Å². The van der Waals surface area contributed by atoms with Crippen molar-refractivity contribution in [2.45, 2.75) is 51.4 Å². The Kier molecular flexibility index (Phi) is 5.77. The van der Waals surface area contributed by atoms with E-state index in [0.717, 1.165) is 37.8 Å². The zero-order chi connectivity index (χ0) is 20.5. The molecule has 1 N–H and O–H groups in total. The standard InChI is InChI=1S/C25H35N5/c1-19-8-9-21(26-14-19)16-28(2)17-22-13-24-20(15-27-22)5-3-7-25(24)30-12-11-29-10-4-6-23(29)18-30/h3,5,7-9,14,22-23,27H,4,6,10-13,15-18H2,1-2H3/t22-,23?/m1/s1. The molecular formula is C25H35N5. The number of benzene rings is 1. The molecular weight excluding hydrogens is 370 g/mol. The quantitative estimate of drug-likeness (QED) is 0.828. The van der Waals surface area contributed by atoms with Crippen LogP contribution in [0.4, 0.5) is 5.69 Å². The van der Waals surface area contributed by atoms with Crippen LogP contribution in [0.15, 0.2) is 36.5 Å². The molecule has 3 aliphatic heterocycles. The van der Waals surface area contributed by atoms with E-state index in [1.807, 2.05) is 6.20 Å². The highest BCUT2D eigenvalue weighted by Gasteiger charge is 2.32. The molecule has 2 fully saturated rings. The molecule has 0 amide bonds. The van der Waals surface area contributed by atoms with Gasteiger partial charge in [0.2, 0.25) is 0 Å². The van der Waals surface area contributed by atoms with Gasteiger partial charge in [0.05, 0.1) is 5.69 Å². The van der Waals surface area contributed by atoms with E-state index in [4.69, 9.17) is 0 Å². The van der Waals surface area contributed by atoms with Crippen molar-refractivity contribution in [3.05, 3.63) is 58.9 Å². The summed E-state index contributed by atoms with van der Waals surface area (Å²) < 4.78 is 0. The van der Waals surface area contributed by atoms with Crippen LogP contribution in [-0.2, 0) is 19.5 Å². The molecule has 2 aromatic rings. The Bertz CT molecular complexity index is 864. The van der Waals surface area contributed by atoms with Crippen molar-refractivity contribution < 1.29 is 0 Å². The third-order valence-corrected chi connectivity index (χ3v) is 7.14. The molecule has 3 aliphatic rings. The summed E-state index contributed by atoms with van der Waals surface area (Å²) in [7, 11) is 2.21. The van der Waals surface area contributed by atoms with Crippen LogP contribution in [0.3, 0.4) is 0 Å². The van der Waals surface area contributed by atoms with Crippen LogP contribution in [0.2, 0.25) is 0 Å². The van der Waals surface area contributed by atoms with Gasteiger partial charge >= 0.3 is 0 Å². The van der Waals surface area contributed by atoms with Gasteiger partial charge in [0, 0.05) is 63.2 Å². The van der Waals surface area contributed by atoms with Gasteiger partial charge in [0.25, 0.3) is 0 Å². The lowest BCUT2D eigenvalue weighted by molar-refractivity contribution is 0.230. The van der Waals surface area contributed by atoms with Crippen molar-refractivity contribution in [1.29, 1.82) is 0 Å². The van der Waals surface area contributed by atoms with Crippen LogP contribution < -0.4 is 10.2 Å². The number of aryl methyl sites for hydroxylation is 1. The molecule has 30 heavy (non-hydrogen) atoms. The Morgan fingerprint density at radius 2 is 2.10 bits per heavy atom. The number of likely N-dealkylation sites (N-methyl/N-ethyl adjacent to an activating group) is 1. The Morgan fingerprint density at radius 3 is 2.97 bits per heavy atom. The smallest absolute Gasteiger partial charge is 0.0544 e. The fourth-order valence-corrected chi connectivity index (χ4v) is 5.54. The molecule has 5 rings (SSSR count). The van der Waals surface area contributed by atoms with Crippen LogP contribution in [0.1, 0.15) is 35.2 Å². The van der Waals surface area contributed by atoms with Gasteiger partial charge in [-0.1, -0.05) is 18.2 Å². The largest absolute Gasteiger partial charge is 0.368 e. The summed E-state index contributed by atoms with van der Waals surface area (Å²) >= 11 is 0. The predicted octanol–water partition coefficient (Wildman–Crippen LogP) is 2.82. The first-order valence-corrected chi connectivity index (χ1v) is 11.6. The lowest BCUT2D eigenvalue weighted by Crippen LogP contribution is -2.51. The van der Waals surface area contributed by atoms with Gasteiger partial charge in [-0.2, -0.15) is 0 Å². The number of aromatic nitrogens is 1. The number of pyridine rings is 1. The monoisotopic (exact) mass is 405 g/mol. The molecule has 1 aromatic heterocycles. The first-order valence-electron chi connectivity index (χ1n) is 11.6. The van der Waals surface area contributed by atoms with E-state index in [0.29, 0.717) is 6.04 Å². The Morgan fingerprint density at radius 1 is 1.17 bits per heavy atom. The SMILES string of the molecule is Cc1ccc(CN(C)C[C@H]2Cc3c(cccc3N3CCN4CCCC4C3)CN2)nc1. The van der Waals surface area contributed by atoms with E-state index in [-0.39, 0.29) is 0 Å². The second-order valence-corrected chi connectivity index (χ2v) is 9.50. The minimum absolute atomic E-state index is 0.488. The van der Waals surface area contributed by atoms with Crippen molar-refractivity contribution >= 4 is 5.69 Å². The average molecular weight is 406 g/mol. The van der Waals surface area contributed by atoms with E-state index in [2.05, 4.69) is 69.3 Å². The number of anilines is 1. The summed E-state index contributed by atoms with van der Waals surface area (Å²) in [4.78, 5) is 12.4. The third-order valence-electron chi connectivity index (χ3n) is 7.14. The minimum atomic E-state index is 0.488. The van der Waals surface area contributed by atoms with Crippen LogP contribution in [0.5, 0.6) is 0 Å². The van der Waals surface area contributed by atoms with Crippen molar-refractivity contribution in [3.8, 4) is 0 Å². The first-order chi connectivity index (χ1) is 14.7. The van der Waals surface area contributed by atoms with Crippen LogP contribution in [-0.4, -0.2) is 66.6 Å².